The van der Waals surface area contributed by atoms with Crippen LogP contribution >= 0.6 is 0 Å². The fraction of sp³-hybridized carbons (Fsp3) is 0.500. The summed E-state index contributed by atoms with van der Waals surface area (Å²) in [5.74, 6) is 0. The molecule has 0 aromatic heterocycles. The molecule has 0 amide bonds. The van der Waals surface area contributed by atoms with Gasteiger partial charge in [-0.25, -0.2) is 0 Å². The number of hydrogen-bond donors (Lipinski definition) is 1. The SMILES string of the molecule is COCC(N)CN(C)c1ccc(C)cc1. The maximum atomic E-state index is 5.89. The fourth-order valence-electron chi connectivity index (χ4n) is 1.52. The van der Waals surface area contributed by atoms with Crippen molar-refractivity contribution in [2.24, 2.45) is 5.73 Å². The third kappa shape index (κ3) is 3.90. The Morgan fingerprint density at radius 2 is 1.93 bits per heavy atom. The number of likely N-dealkylation sites (N-methyl/N-ethyl adjacent to an activating group) is 1. The summed E-state index contributed by atoms with van der Waals surface area (Å²) in [6, 6.07) is 8.48. The normalized spacial score (nSPS) is 12.5. The maximum Gasteiger partial charge on any atom is 0.0631 e. The highest BCUT2D eigenvalue weighted by molar-refractivity contribution is 5.46. The molecule has 1 unspecified atom stereocenters. The summed E-state index contributed by atoms with van der Waals surface area (Å²) in [4.78, 5) is 2.14. The molecule has 84 valence electrons. The first-order valence-electron chi connectivity index (χ1n) is 5.16. The average Bonchev–Trinajstić information content (AvgIpc) is 2.18. The van der Waals surface area contributed by atoms with Gasteiger partial charge in [0.2, 0.25) is 0 Å². The van der Waals surface area contributed by atoms with Crippen molar-refractivity contribution in [2.45, 2.75) is 13.0 Å². The summed E-state index contributed by atoms with van der Waals surface area (Å²) in [5.41, 5.74) is 8.34. The molecule has 0 spiro atoms. The Morgan fingerprint density at radius 1 is 1.33 bits per heavy atom. The van der Waals surface area contributed by atoms with Crippen LogP contribution < -0.4 is 10.6 Å². The van der Waals surface area contributed by atoms with Crippen LogP contribution in [0.2, 0.25) is 0 Å². The lowest BCUT2D eigenvalue weighted by atomic mass is 10.2. The second-order valence-corrected chi connectivity index (χ2v) is 3.93. The Hall–Kier alpha value is -1.06. The molecule has 0 heterocycles. The Kier molecular flexibility index (Phi) is 4.59. The van der Waals surface area contributed by atoms with E-state index in [-0.39, 0.29) is 6.04 Å². The molecule has 0 aliphatic rings. The van der Waals surface area contributed by atoms with Crippen LogP contribution in [-0.2, 0) is 4.74 Å². The Bertz CT molecular complexity index is 284. The van der Waals surface area contributed by atoms with Gasteiger partial charge >= 0.3 is 0 Å². The van der Waals surface area contributed by atoms with E-state index in [1.54, 1.807) is 7.11 Å². The summed E-state index contributed by atoms with van der Waals surface area (Å²) in [6.45, 7) is 3.48. The quantitative estimate of drug-likeness (QED) is 0.795. The number of ether oxygens (including phenoxy) is 1. The largest absolute Gasteiger partial charge is 0.383 e. The molecule has 0 aliphatic heterocycles. The molecule has 0 radical (unpaired) electrons. The van der Waals surface area contributed by atoms with Crippen LogP contribution in [0, 0.1) is 6.92 Å². The maximum absolute atomic E-state index is 5.89. The number of nitrogens with two attached hydrogens (primary N) is 1. The third-order valence-corrected chi connectivity index (χ3v) is 2.36. The van der Waals surface area contributed by atoms with E-state index in [4.69, 9.17) is 10.5 Å². The Balaban J connectivity index is 2.53. The molecular formula is C12H20N2O. The fourth-order valence-corrected chi connectivity index (χ4v) is 1.52. The van der Waals surface area contributed by atoms with Crippen LogP contribution in [0.1, 0.15) is 5.56 Å². The molecule has 1 aromatic rings. The van der Waals surface area contributed by atoms with Gasteiger partial charge in [-0.1, -0.05) is 17.7 Å². The van der Waals surface area contributed by atoms with Crippen molar-refractivity contribution in [1.29, 1.82) is 0 Å². The summed E-state index contributed by atoms with van der Waals surface area (Å²) >= 11 is 0. The van der Waals surface area contributed by atoms with E-state index in [1.807, 2.05) is 7.05 Å². The van der Waals surface area contributed by atoms with Crippen LogP contribution in [-0.4, -0.2) is 33.4 Å². The first kappa shape index (κ1) is 12.0. The molecule has 3 nitrogen and oxygen atoms in total. The number of methoxy groups -OCH3 is 1. The molecule has 0 fully saturated rings. The highest BCUT2D eigenvalue weighted by Gasteiger charge is 2.06. The number of nitrogens with zero attached hydrogens (tertiary/aromatic N) is 1. The van der Waals surface area contributed by atoms with Gasteiger partial charge in [-0.15, -0.1) is 0 Å². The Morgan fingerprint density at radius 3 is 2.47 bits per heavy atom. The number of rotatable bonds is 5. The summed E-state index contributed by atoms with van der Waals surface area (Å²) in [5, 5.41) is 0. The van der Waals surface area contributed by atoms with Crippen LogP contribution in [0.4, 0.5) is 5.69 Å². The number of aryl methyl sites for hydroxylation is 1. The van der Waals surface area contributed by atoms with Crippen molar-refractivity contribution in [3.05, 3.63) is 29.8 Å². The zero-order valence-electron chi connectivity index (χ0n) is 9.73. The van der Waals surface area contributed by atoms with Gasteiger partial charge in [-0.05, 0) is 19.1 Å². The molecule has 3 heteroatoms. The first-order chi connectivity index (χ1) is 7.13. The van der Waals surface area contributed by atoms with Crippen molar-refractivity contribution < 1.29 is 4.74 Å². The molecule has 0 bridgehead atoms. The highest BCUT2D eigenvalue weighted by Crippen LogP contribution is 2.13. The van der Waals surface area contributed by atoms with Crippen molar-refractivity contribution >= 4 is 5.69 Å². The van der Waals surface area contributed by atoms with E-state index in [9.17, 15) is 0 Å². The lowest BCUT2D eigenvalue weighted by molar-refractivity contribution is 0.181. The standard InChI is InChI=1S/C12H20N2O/c1-10-4-6-12(7-5-10)14(2)8-11(13)9-15-3/h4-7,11H,8-9,13H2,1-3H3. The lowest BCUT2D eigenvalue weighted by Crippen LogP contribution is -2.38. The molecule has 1 atom stereocenters. The van der Waals surface area contributed by atoms with Crippen LogP contribution in [0.5, 0.6) is 0 Å². The van der Waals surface area contributed by atoms with Gasteiger partial charge in [-0.3, -0.25) is 0 Å². The minimum Gasteiger partial charge on any atom is -0.383 e. The van der Waals surface area contributed by atoms with Crippen LogP contribution in [0.15, 0.2) is 24.3 Å². The molecule has 2 N–H and O–H groups in total. The molecule has 0 aliphatic carbocycles. The van der Waals surface area contributed by atoms with Gasteiger partial charge in [0.25, 0.3) is 0 Å². The summed E-state index contributed by atoms with van der Waals surface area (Å²) < 4.78 is 5.01. The smallest absolute Gasteiger partial charge is 0.0631 e. The topological polar surface area (TPSA) is 38.5 Å². The van der Waals surface area contributed by atoms with Gasteiger partial charge in [0.15, 0.2) is 0 Å². The monoisotopic (exact) mass is 208 g/mol. The minimum absolute atomic E-state index is 0.0568. The Labute approximate surface area is 91.8 Å². The predicted octanol–water partition coefficient (Wildman–Crippen LogP) is 1.40. The van der Waals surface area contributed by atoms with Crippen molar-refractivity contribution in [2.75, 3.05) is 32.2 Å². The summed E-state index contributed by atoms with van der Waals surface area (Å²) in [6.07, 6.45) is 0. The van der Waals surface area contributed by atoms with Crippen LogP contribution in [0.25, 0.3) is 0 Å². The van der Waals surface area contributed by atoms with Crippen LogP contribution in [0.3, 0.4) is 0 Å². The van der Waals surface area contributed by atoms with Gasteiger partial charge in [-0.2, -0.15) is 0 Å². The van der Waals surface area contributed by atoms with Crippen molar-refractivity contribution in [1.82, 2.24) is 0 Å². The van der Waals surface area contributed by atoms with E-state index in [0.717, 1.165) is 6.54 Å². The second-order valence-electron chi connectivity index (χ2n) is 3.93. The van der Waals surface area contributed by atoms with Gasteiger partial charge in [0.05, 0.1) is 6.61 Å². The molecule has 1 aromatic carbocycles. The number of anilines is 1. The van der Waals surface area contributed by atoms with Gasteiger partial charge in [0.1, 0.15) is 0 Å². The van der Waals surface area contributed by atoms with Crippen molar-refractivity contribution in [3.63, 3.8) is 0 Å². The van der Waals surface area contributed by atoms with E-state index in [2.05, 4.69) is 36.1 Å². The number of hydrogen-bond acceptors (Lipinski definition) is 3. The lowest BCUT2D eigenvalue weighted by Gasteiger charge is -2.23. The predicted molar refractivity (Wildman–Crippen MR) is 64.3 cm³/mol. The molecule has 1 rings (SSSR count). The number of benzene rings is 1. The zero-order chi connectivity index (χ0) is 11.3. The van der Waals surface area contributed by atoms with E-state index < -0.39 is 0 Å². The average molecular weight is 208 g/mol. The molecule has 0 saturated heterocycles. The van der Waals surface area contributed by atoms with E-state index in [0.29, 0.717) is 6.61 Å². The molecule has 0 saturated carbocycles. The molecular weight excluding hydrogens is 188 g/mol. The van der Waals surface area contributed by atoms with E-state index >= 15 is 0 Å². The third-order valence-electron chi connectivity index (χ3n) is 2.36. The zero-order valence-corrected chi connectivity index (χ0v) is 9.73. The second kappa shape index (κ2) is 5.73. The highest BCUT2D eigenvalue weighted by atomic mass is 16.5. The van der Waals surface area contributed by atoms with E-state index in [1.165, 1.54) is 11.3 Å². The minimum atomic E-state index is 0.0568. The first-order valence-corrected chi connectivity index (χ1v) is 5.16. The van der Waals surface area contributed by atoms with Crippen molar-refractivity contribution in [3.8, 4) is 0 Å². The summed E-state index contributed by atoms with van der Waals surface area (Å²) in [7, 11) is 3.71. The van der Waals surface area contributed by atoms with Gasteiger partial charge < -0.3 is 15.4 Å². The van der Waals surface area contributed by atoms with Gasteiger partial charge in [0, 0.05) is 32.4 Å². The molecule has 15 heavy (non-hydrogen) atoms.